The van der Waals surface area contributed by atoms with E-state index in [0.29, 0.717) is 0 Å². The zero-order valence-corrected chi connectivity index (χ0v) is 10.9. The first-order valence-corrected chi connectivity index (χ1v) is 7.48. The van der Waals surface area contributed by atoms with Crippen molar-refractivity contribution in [3.8, 4) is 0 Å². The lowest BCUT2D eigenvalue weighted by Gasteiger charge is -2.50. The topological polar surface area (TPSA) is 0 Å². The van der Waals surface area contributed by atoms with Crippen molar-refractivity contribution >= 4 is 0 Å². The molecule has 0 aliphatic heterocycles. The SMILES string of the molecule is CCC1CCC(C2C=C2)CCC2CC(C)C12. The first-order chi connectivity index (χ1) is 7.79. The molecule has 0 aromatic rings. The molecule has 0 N–H and O–H groups in total. The maximum Gasteiger partial charge on any atom is -0.00248 e. The fraction of sp³-hybridized carbons (Fsp3) is 0.875. The second kappa shape index (κ2) is 4.20. The molecule has 5 unspecified atom stereocenters. The number of allylic oxidation sites excluding steroid dienone is 2. The van der Waals surface area contributed by atoms with Crippen molar-refractivity contribution in [3.05, 3.63) is 12.2 Å². The van der Waals surface area contributed by atoms with Gasteiger partial charge in [-0.3, -0.25) is 0 Å². The third kappa shape index (κ3) is 1.85. The van der Waals surface area contributed by atoms with Crippen LogP contribution in [0.5, 0.6) is 0 Å². The maximum absolute atomic E-state index is 2.49. The summed E-state index contributed by atoms with van der Waals surface area (Å²) in [6, 6.07) is 0. The normalized spacial score (nSPS) is 47.8. The van der Waals surface area contributed by atoms with Crippen molar-refractivity contribution in [2.75, 3.05) is 0 Å². The number of fused-ring (bicyclic) bond motifs is 1. The Bertz CT molecular complexity index is 272. The molecule has 0 saturated heterocycles. The lowest BCUT2D eigenvalue weighted by atomic mass is 9.56. The lowest BCUT2D eigenvalue weighted by molar-refractivity contribution is 0.000257. The molecule has 0 aromatic carbocycles. The Morgan fingerprint density at radius 1 is 1.00 bits per heavy atom. The molecular formula is C16H26. The number of hydrogen-bond donors (Lipinski definition) is 0. The number of rotatable bonds is 2. The van der Waals surface area contributed by atoms with Gasteiger partial charge in [-0.2, -0.15) is 0 Å². The van der Waals surface area contributed by atoms with Crippen LogP contribution in [-0.4, -0.2) is 0 Å². The van der Waals surface area contributed by atoms with Crippen LogP contribution in [0.2, 0.25) is 0 Å². The van der Waals surface area contributed by atoms with Gasteiger partial charge in [0.1, 0.15) is 0 Å². The molecular weight excluding hydrogens is 192 g/mol. The second-order valence-electron chi connectivity index (χ2n) is 6.60. The van der Waals surface area contributed by atoms with Crippen molar-refractivity contribution in [3.63, 3.8) is 0 Å². The van der Waals surface area contributed by atoms with Gasteiger partial charge in [0.25, 0.3) is 0 Å². The van der Waals surface area contributed by atoms with Gasteiger partial charge in [0, 0.05) is 0 Å². The van der Waals surface area contributed by atoms with E-state index in [0.717, 1.165) is 35.5 Å². The van der Waals surface area contributed by atoms with Gasteiger partial charge in [-0.05, 0) is 67.6 Å². The van der Waals surface area contributed by atoms with E-state index in [1.165, 1.54) is 38.5 Å². The zero-order chi connectivity index (χ0) is 11.1. The van der Waals surface area contributed by atoms with E-state index < -0.39 is 0 Å². The lowest BCUT2D eigenvalue weighted by Crippen LogP contribution is -2.41. The molecule has 3 rings (SSSR count). The highest BCUT2D eigenvalue weighted by atomic mass is 14.5. The van der Waals surface area contributed by atoms with Crippen LogP contribution in [0.15, 0.2) is 12.2 Å². The van der Waals surface area contributed by atoms with Gasteiger partial charge in [0.15, 0.2) is 0 Å². The molecule has 5 atom stereocenters. The van der Waals surface area contributed by atoms with E-state index in [4.69, 9.17) is 0 Å². The first-order valence-electron chi connectivity index (χ1n) is 7.48. The Kier molecular flexibility index (Phi) is 2.85. The van der Waals surface area contributed by atoms with Gasteiger partial charge in [-0.1, -0.05) is 32.4 Å². The highest BCUT2D eigenvalue weighted by molar-refractivity contribution is 5.15. The summed E-state index contributed by atoms with van der Waals surface area (Å²) in [6.07, 6.45) is 13.9. The third-order valence-corrected chi connectivity index (χ3v) is 5.72. The van der Waals surface area contributed by atoms with Crippen LogP contribution in [0.3, 0.4) is 0 Å². The standard InChI is InChI=1S/C16H26/c1-3-12-4-5-13(14-6-7-14)8-9-15-10-11(2)16(12)15/h6-7,11-16H,3-5,8-10H2,1-2H3. The van der Waals surface area contributed by atoms with Crippen molar-refractivity contribution in [2.45, 2.75) is 52.4 Å². The average molecular weight is 218 g/mol. The fourth-order valence-corrected chi connectivity index (χ4v) is 4.65. The molecule has 3 aliphatic carbocycles. The first kappa shape index (κ1) is 10.9. The van der Waals surface area contributed by atoms with Gasteiger partial charge in [-0.15, -0.1) is 0 Å². The minimum Gasteiger partial charge on any atom is -0.0807 e. The minimum atomic E-state index is 0.909. The van der Waals surface area contributed by atoms with Crippen LogP contribution >= 0.6 is 0 Å². The predicted octanol–water partition coefficient (Wildman–Crippen LogP) is 4.66. The zero-order valence-electron chi connectivity index (χ0n) is 10.9. The minimum absolute atomic E-state index is 0.909. The summed E-state index contributed by atoms with van der Waals surface area (Å²) in [5.74, 6) is 6.21. The Morgan fingerprint density at radius 3 is 2.31 bits per heavy atom. The van der Waals surface area contributed by atoms with Crippen LogP contribution in [-0.2, 0) is 0 Å². The van der Waals surface area contributed by atoms with Gasteiger partial charge in [-0.25, -0.2) is 0 Å². The van der Waals surface area contributed by atoms with Crippen molar-refractivity contribution in [1.29, 1.82) is 0 Å². The van der Waals surface area contributed by atoms with Crippen molar-refractivity contribution in [1.82, 2.24) is 0 Å². The average Bonchev–Trinajstić information content (AvgIpc) is 3.06. The summed E-state index contributed by atoms with van der Waals surface area (Å²) in [7, 11) is 0. The number of hydrogen-bond acceptors (Lipinski definition) is 0. The van der Waals surface area contributed by atoms with E-state index >= 15 is 0 Å². The predicted molar refractivity (Wildman–Crippen MR) is 69.1 cm³/mol. The summed E-state index contributed by atoms with van der Waals surface area (Å²) >= 11 is 0. The van der Waals surface area contributed by atoms with Crippen LogP contribution in [0.1, 0.15) is 52.4 Å². The van der Waals surface area contributed by atoms with Crippen LogP contribution in [0.4, 0.5) is 0 Å². The third-order valence-electron chi connectivity index (χ3n) is 5.72. The quantitative estimate of drug-likeness (QED) is 0.591. The smallest absolute Gasteiger partial charge is 0.00248 e. The fourth-order valence-electron chi connectivity index (χ4n) is 4.65. The Labute approximate surface area is 101 Å². The Morgan fingerprint density at radius 2 is 1.69 bits per heavy atom. The molecule has 16 heavy (non-hydrogen) atoms. The second-order valence-corrected chi connectivity index (χ2v) is 6.60. The molecule has 0 nitrogen and oxygen atoms in total. The van der Waals surface area contributed by atoms with Crippen molar-refractivity contribution in [2.24, 2.45) is 35.5 Å². The molecule has 0 aromatic heterocycles. The van der Waals surface area contributed by atoms with E-state index in [-0.39, 0.29) is 0 Å². The Balaban J connectivity index is 1.65. The van der Waals surface area contributed by atoms with E-state index in [9.17, 15) is 0 Å². The van der Waals surface area contributed by atoms with Crippen LogP contribution in [0.25, 0.3) is 0 Å². The molecule has 2 saturated carbocycles. The van der Waals surface area contributed by atoms with Gasteiger partial charge >= 0.3 is 0 Å². The van der Waals surface area contributed by atoms with Crippen LogP contribution < -0.4 is 0 Å². The van der Waals surface area contributed by atoms with E-state index in [1.54, 1.807) is 0 Å². The summed E-state index contributed by atoms with van der Waals surface area (Å²) in [4.78, 5) is 0. The van der Waals surface area contributed by atoms with Crippen LogP contribution in [0, 0.1) is 35.5 Å². The largest absolute Gasteiger partial charge is 0.0807 e. The molecule has 3 aliphatic rings. The highest BCUT2D eigenvalue weighted by Gasteiger charge is 2.43. The molecule has 0 bridgehead atoms. The molecule has 0 amide bonds. The van der Waals surface area contributed by atoms with Gasteiger partial charge in [0.05, 0.1) is 0 Å². The summed E-state index contributed by atoms with van der Waals surface area (Å²) in [6.45, 7) is 4.91. The summed E-state index contributed by atoms with van der Waals surface area (Å²) in [5.41, 5.74) is 0. The molecule has 2 fully saturated rings. The van der Waals surface area contributed by atoms with E-state index in [1.807, 2.05) is 0 Å². The molecule has 0 spiro atoms. The summed E-state index contributed by atoms with van der Waals surface area (Å²) < 4.78 is 0. The van der Waals surface area contributed by atoms with Crippen molar-refractivity contribution < 1.29 is 0 Å². The molecule has 0 heterocycles. The van der Waals surface area contributed by atoms with Gasteiger partial charge < -0.3 is 0 Å². The molecule has 0 heteroatoms. The maximum atomic E-state index is 2.49. The van der Waals surface area contributed by atoms with E-state index in [2.05, 4.69) is 26.0 Å². The molecule has 0 radical (unpaired) electrons. The monoisotopic (exact) mass is 218 g/mol. The summed E-state index contributed by atoms with van der Waals surface area (Å²) in [5, 5.41) is 0. The Hall–Kier alpha value is -0.260. The highest BCUT2D eigenvalue weighted by Crippen LogP contribution is 2.52. The molecule has 90 valence electrons. The van der Waals surface area contributed by atoms with Gasteiger partial charge in [0.2, 0.25) is 0 Å².